The number of nitrogens with zero attached hydrogens (tertiary/aromatic N) is 2. The Morgan fingerprint density at radius 1 is 1.39 bits per heavy atom. The first-order valence-electron chi connectivity index (χ1n) is 7.06. The summed E-state index contributed by atoms with van der Waals surface area (Å²) in [6.45, 7) is 4.78. The summed E-state index contributed by atoms with van der Waals surface area (Å²) in [6, 6.07) is 4.23. The highest BCUT2D eigenvalue weighted by molar-refractivity contribution is 7.09. The molecule has 0 radical (unpaired) electrons. The van der Waals surface area contributed by atoms with Gasteiger partial charge in [-0.2, -0.15) is 0 Å². The van der Waals surface area contributed by atoms with E-state index < -0.39 is 4.92 Å². The molecule has 0 spiro atoms. The second kappa shape index (κ2) is 7.89. The van der Waals surface area contributed by atoms with Crippen molar-refractivity contribution < 1.29 is 19.1 Å². The van der Waals surface area contributed by atoms with Gasteiger partial charge in [-0.25, -0.2) is 4.98 Å². The number of nitro groups is 1. The average Bonchev–Trinajstić information content (AvgIpc) is 3.02. The van der Waals surface area contributed by atoms with Crippen LogP contribution in [0.15, 0.2) is 23.6 Å². The molecule has 1 aromatic heterocycles. The Labute approximate surface area is 138 Å². The van der Waals surface area contributed by atoms with Crippen LogP contribution in [0.5, 0.6) is 11.5 Å². The van der Waals surface area contributed by atoms with Crippen molar-refractivity contribution in [3.8, 4) is 11.5 Å². The van der Waals surface area contributed by atoms with E-state index >= 15 is 0 Å². The Morgan fingerprint density at radius 3 is 2.83 bits per heavy atom. The first-order valence-corrected chi connectivity index (χ1v) is 7.94. The molecule has 124 valence electrons. The molecular weight excluding hydrogens is 320 g/mol. The monoisotopic (exact) mass is 338 g/mol. The SMILES string of the molecule is CCOC(C)c1nc(COc2ccc([N+](=O)[O-])cc2OC)cs1. The topological polar surface area (TPSA) is 83.7 Å². The molecule has 7 nitrogen and oxygen atoms in total. The van der Waals surface area contributed by atoms with E-state index in [1.54, 1.807) is 0 Å². The Balaban J connectivity index is 2.04. The minimum Gasteiger partial charge on any atom is -0.493 e. The molecule has 1 atom stereocenters. The summed E-state index contributed by atoms with van der Waals surface area (Å²) in [5, 5.41) is 13.6. The van der Waals surface area contributed by atoms with Gasteiger partial charge in [-0.05, 0) is 19.9 Å². The molecule has 2 aromatic rings. The lowest BCUT2D eigenvalue weighted by Crippen LogP contribution is -2.01. The number of non-ortho nitro benzene ring substituents is 1. The van der Waals surface area contributed by atoms with Gasteiger partial charge in [0, 0.05) is 18.1 Å². The van der Waals surface area contributed by atoms with Crippen LogP contribution in [-0.4, -0.2) is 23.6 Å². The first-order chi connectivity index (χ1) is 11.0. The fourth-order valence-electron chi connectivity index (χ4n) is 1.94. The van der Waals surface area contributed by atoms with Crippen molar-refractivity contribution in [1.29, 1.82) is 0 Å². The van der Waals surface area contributed by atoms with E-state index in [0.29, 0.717) is 18.1 Å². The van der Waals surface area contributed by atoms with Gasteiger partial charge in [0.2, 0.25) is 0 Å². The van der Waals surface area contributed by atoms with E-state index in [1.165, 1.54) is 36.6 Å². The van der Waals surface area contributed by atoms with Gasteiger partial charge in [0.05, 0.1) is 23.8 Å². The molecule has 0 aliphatic rings. The van der Waals surface area contributed by atoms with Gasteiger partial charge in [-0.3, -0.25) is 10.1 Å². The minimum absolute atomic E-state index is 0.0457. The fraction of sp³-hybridized carbons (Fsp3) is 0.400. The number of nitro benzene ring substituents is 1. The molecule has 1 unspecified atom stereocenters. The lowest BCUT2D eigenvalue weighted by atomic mass is 10.3. The molecule has 0 aliphatic carbocycles. The van der Waals surface area contributed by atoms with Crippen molar-refractivity contribution >= 4 is 17.0 Å². The molecular formula is C15H18N2O5S. The minimum atomic E-state index is -0.478. The molecule has 0 amide bonds. The smallest absolute Gasteiger partial charge is 0.273 e. The van der Waals surface area contributed by atoms with Crippen molar-refractivity contribution in [2.45, 2.75) is 26.6 Å². The third-order valence-electron chi connectivity index (χ3n) is 3.07. The predicted molar refractivity (Wildman–Crippen MR) is 86.1 cm³/mol. The molecule has 0 saturated heterocycles. The van der Waals surface area contributed by atoms with E-state index in [1.807, 2.05) is 19.2 Å². The van der Waals surface area contributed by atoms with Crippen LogP contribution < -0.4 is 9.47 Å². The van der Waals surface area contributed by atoms with Gasteiger partial charge >= 0.3 is 0 Å². The Kier molecular flexibility index (Phi) is 5.89. The van der Waals surface area contributed by atoms with Crippen LogP contribution in [-0.2, 0) is 11.3 Å². The highest BCUT2D eigenvalue weighted by Crippen LogP contribution is 2.32. The van der Waals surface area contributed by atoms with E-state index in [0.717, 1.165) is 10.7 Å². The van der Waals surface area contributed by atoms with Gasteiger partial charge in [0.25, 0.3) is 5.69 Å². The molecule has 23 heavy (non-hydrogen) atoms. The molecule has 8 heteroatoms. The zero-order valence-electron chi connectivity index (χ0n) is 13.1. The molecule has 1 aromatic carbocycles. The van der Waals surface area contributed by atoms with Crippen LogP contribution in [0.1, 0.15) is 30.7 Å². The quantitative estimate of drug-likeness (QED) is 0.538. The average molecular weight is 338 g/mol. The van der Waals surface area contributed by atoms with Crippen LogP contribution in [0.3, 0.4) is 0 Å². The third kappa shape index (κ3) is 4.40. The van der Waals surface area contributed by atoms with Gasteiger partial charge in [-0.1, -0.05) is 0 Å². The molecule has 0 fully saturated rings. The summed E-state index contributed by atoms with van der Waals surface area (Å²) < 4.78 is 16.3. The Hall–Kier alpha value is -2.19. The van der Waals surface area contributed by atoms with E-state index in [9.17, 15) is 10.1 Å². The maximum absolute atomic E-state index is 10.8. The summed E-state index contributed by atoms with van der Waals surface area (Å²) in [4.78, 5) is 14.8. The van der Waals surface area contributed by atoms with Crippen molar-refractivity contribution in [2.75, 3.05) is 13.7 Å². The molecule has 0 saturated carbocycles. The second-order valence-corrected chi connectivity index (χ2v) is 5.55. The van der Waals surface area contributed by atoms with Gasteiger partial charge < -0.3 is 14.2 Å². The summed E-state index contributed by atoms with van der Waals surface area (Å²) in [5.41, 5.74) is 0.729. The molecule has 0 bridgehead atoms. The highest BCUT2D eigenvalue weighted by Gasteiger charge is 2.14. The molecule has 1 heterocycles. The maximum atomic E-state index is 10.8. The van der Waals surface area contributed by atoms with Gasteiger partial charge in [0.1, 0.15) is 17.7 Å². The number of hydrogen-bond donors (Lipinski definition) is 0. The van der Waals surface area contributed by atoms with E-state index in [2.05, 4.69) is 4.98 Å². The number of ether oxygens (including phenoxy) is 3. The summed E-state index contributed by atoms with van der Waals surface area (Å²) in [7, 11) is 1.44. The van der Waals surface area contributed by atoms with Gasteiger partial charge in [0.15, 0.2) is 11.5 Å². The van der Waals surface area contributed by atoms with Crippen LogP contribution >= 0.6 is 11.3 Å². The lowest BCUT2D eigenvalue weighted by Gasteiger charge is -2.09. The van der Waals surface area contributed by atoms with Crippen molar-refractivity contribution in [2.24, 2.45) is 0 Å². The Bertz CT molecular complexity index is 674. The number of benzene rings is 1. The zero-order chi connectivity index (χ0) is 16.8. The van der Waals surface area contributed by atoms with Gasteiger partial charge in [-0.15, -0.1) is 11.3 Å². The maximum Gasteiger partial charge on any atom is 0.273 e. The zero-order valence-corrected chi connectivity index (χ0v) is 14.0. The van der Waals surface area contributed by atoms with Crippen LogP contribution in [0.2, 0.25) is 0 Å². The van der Waals surface area contributed by atoms with Crippen LogP contribution in [0.25, 0.3) is 0 Å². The lowest BCUT2D eigenvalue weighted by molar-refractivity contribution is -0.385. The highest BCUT2D eigenvalue weighted by atomic mass is 32.1. The van der Waals surface area contributed by atoms with Crippen molar-refractivity contribution in [1.82, 2.24) is 4.98 Å². The number of hydrogen-bond acceptors (Lipinski definition) is 7. The largest absolute Gasteiger partial charge is 0.493 e. The summed E-state index contributed by atoms with van der Waals surface area (Å²) in [5.74, 6) is 0.753. The Morgan fingerprint density at radius 2 is 2.17 bits per heavy atom. The molecule has 0 N–H and O–H groups in total. The summed E-state index contributed by atoms with van der Waals surface area (Å²) in [6.07, 6.45) is -0.0485. The third-order valence-corrected chi connectivity index (χ3v) is 4.12. The van der Waals surface area contributed by atoms with E-state index in [-0.39, 0.29) is 18.4 Å². The van der Waals surface area contributed by atoms with Crippen LogP contribution in [0, 0.1) is 10.1 Å². The number of rotatable bonds is 8. The number of thiazole rings is 1. The number of methoxy groups -OCH3 is 1. The second-order valence-electron chi connectivity index (χ2n) is 4.66. The fourth-order valence-corrected chi connectivity index (χ4v) is 2.74. The van der Waals surface area contributed by atoms with E-state index in [4.69, 9.17) is 14.2 Å². The normalized spacial score (nSPS) is 12.0. The molecule has 0 aliphatic heterocycles. The summed E-state index contributed by atoms with van der Waals surface area (Å²) >= 11 is 1.51. The number of aromatic nitrogens is 1. The molecule has 2 rings (SSSR count). The predicted octanol–water partition coefficient (Wildman–Crippen LogP) is 3.74. The standard InChI is InChI=1S/C15H18N2O5S/c1-4-21-10(2)15-16-11(9-23-15)8-22-13-6-5-12(17(18)19)7-14(13)20-3/h5-7,9-10H,4,8H2,1-3H3. The van der Waals surface area contributed by atoms with Crippen LogP contribution in [0.4, 0.5) is 5.69 Å². The first kappa shape index (κ1) is 17.2. The van der Waals surface area contributed by atoms with Crippen molar-refractivity contribution in [3.05, 3.63) is 44.4 Å². The van der Waals surface area contributed by atoms with Crippen molar-refractivity contribution in [3.63, 3.8) is 0 Å².